The molecule has 2 aromatic carbocycles. The zero-order valence-corrected chi connectivity index (χ0v) is 25.6. The summed E-state index contributed by atoms with van der Waals surface area (Å²) < 4.78 is 10.9. The Kier molecular flexibility index (Phi) is 18.4. The molecule has 0 amide bonds. The SMILES string of the molecule is CCCCCCCCCCCCC(C#N)(CCCC([NH3+])CCc1cccc(OC)c1)c1cccc(OC)c1.[Cl-]. The van der Waals surface area contributed by atoms with E-state index in [0.717, 1.165) is 62.0 Å². The highest BCUT2D eigenvalue weighted by Gasteiger charge is 2.32. The van der Waals surface area contributed by atoms with Crippen molar-refractivity contribution in [2.75, 3.05) is 14.2 Å². The molecule has 3 N–H and O–H groups in total. The van der Waals surface area contributed by atoms with Crippen LogP contribution >= 0.6 is 0 Å². The highest BCUT2D eigenvalue weighted by Crippen LogP contribution is 2.37. The average Bonchev–Trinajstić information content (AvgIpc) is 2.96. The van der Waals surface area contributed by atoms with Gasteiger partial charge in [-0.05, 0) is 67.5 Å². The number of nitrogens with zero attached hydrogens (tertiary/aromatic N) is 1. The normalized spacial score (nSPS) is 13.1. The fourth-order valence-corrected chi connectivity index (χ4v) is 5.46. The lowest BCUT2D eigenvalue weighted by Crippen LogP contribution is -3.00. The number of ether oxygens (including phenoxy) is 2. The van der Waals surface area contributed by atoms with Crippen molar-refractivity contribution in [2.45, 2.75) is 121 Å². The van der Waals surface area contributed by atoms with Gasteiger partial charge in [-0.3, -0.25) is 0 Å². The zero-order chi connectivity index (χ0) is 27.5. The number of nitriles is 1. The van der Waals surface area contributed by atoms with Gasteiger partial charge in [-0.2, -0.15) is 5.26 Å². The van der Waals surface area contributed by atoms with Crippen molar-refractivity contribution in [2.24, 2.45) is 0 Å². The van der Waals surface area contributed by atoms with Gasteiger partial charge in [-0.1, -0.05) is 95.4 Å². The van der Waals surface area contributed by atoms with E-state index >= 15 is 0 Å². The van der Waals surface area contributed by atoms with E-state index in [1.54, 1.807) is 14.2 Å². The van der Waals surface area contributed by atoms with Crippen LogP contribution in [0.3, 0.4) is 0 Å². The summed E-state index contributed by atoms with van der Waals surface area (Å²) in [6.07, 6.45) is 19.0. The third-order valence-corrected chi connectivity index (χ3v) is 7.98. The van der Waals surface area contributed by atoms with E-state index in [0.29, 0.717) is 6.04 Å². The van der Waals surface area contributed by atoms with Gasteiger partial charge in [0.15, 0.2) is 0 Å². The summed E-state index contributed by atoms with van der Waals surface area (Å²) in [5.74, 6) is 1.74. The molecule has 0 saturated heterocycles. The maximum Gasteiger partial charge on any atom is 0.119 e. The van der Waals surface area contributed by atoms with E-state index < -0.39 is 5.41 Å². The summed E-state index contributed by atoms with van der Waals surface area (Å²) in [4.78, 5) is 0. The molecular formula is C34H53ClN2O2. The molecule has 0 heterocycles. The molecule has 0 bridgehead atoms. The van der Waals surface area contributed by atoms with Crippen LogP contribution in [0.2, 0.25) is 0 Å². The predicted molar refractivity (Wildman–Crippen MR) is 159 cm³/mol. The lowest BCUT2D eigenvalue weighted by Gasteiger charge is -2.28. The number of methoxy groups -OCH3 is 2. The molecule has 2 rings (SSSR count). The first-order chi connectivity index (χ1) is 18.6. The smallest absolute Gasteiger partial charge is 0.119 e. The topological polar surface area (TPSA) is 69.9 Å². The summed E-state index contributed by atoms with van der Waals surface area (Å²) in [5, 5.41) is 10.5. The van der Waals surface area contributed by atoms with Crippen LogP contribution in [0.5, 0.6) is 11.5 Å². The van der Waals surface area contributed by atoms with Crippen molar-refractivity contribution in [3.8, 4) is 17.6 Å². The van der Waals surface area contributed by atoms with Gasteiger partial charge >= 0.3 is 0 Å². The van der Waals surface area contributed by atoms with Crippen LogP contribution in [0.25, 0.3) is 0 Å². The Morgan fingerprint density at radius 2 is 1.33 bits per heavy atom. The molecule has 0 saturated carbocycles. The average molecular weight is 557 g/mol. The predicted octanol–water partition coefficient (Wildman–Crippen LogP) is 5.19. The van der Waals surface area contributed by atoms with Crippen LogP contribution in [-0.4, -0.2) is 20.3 Å². The van der Waals surface area contributed by atoms with E-state index in [1.807, 2.05) is 18.2 Å². The number of aryl methyl sites for hydroxylation is 1. The van der Waals surface area contributed by atoms with Crippen molar-refractivity contribution in [3.63, 3.8) is 0 Å². The molecule has 4 nitrogen and oxygen atoms in total. The highest BCUT2D eigenvalue weighted by molar-refractivity contribution is 5.38. The fraction of sp³-hybridized carbons (Fsp3) is 0.618. The first-order valence-corrected chi connectivity index (χ1v) is 15.1. The molecule has 2 unspecified atom stereocenters. The number of unbranched alkanes of at least 4 members (excludes halogenated alkanes) is 9. The molecule has 0 aromatic heterocycles. The minimum atomic E-state index is -0.457. The van der Waals surface area contributed by atoms with E-state index in [-0.39, 0.29) is 12.4 Å². The second-order valence-corrected chi connectivity index (χ2v) is 11.0. The third kappa shape index (κ3) is 13.1. The van der Waals surface area contributed by atoms with Gasteiger partial charge in [0.2, 0.25) is 0 Å². The van der Waals surface area contributed by atoms with Crippen molar-refractivity contribution in [1.29, 1.82) is 5.26 Å². The number of benzene rings is 2. The first kappa shape index (κ1) is 34.8. The number of hydrogen-bond donors (Lipinski definition) is 1. The summed E-state index contributed by atoms with van der Waals surface area (Å²) >= 11 is 0. The standard InChI is InChI=1S/C34H52N2O2.ClH/c1-4-5-6-7-8-9-10-11-12-13-24-34(28-35,30-18-15-21-33(27-30)38-3)25-16-19-31(36)23-22-29-17-14-20-32(26-29)37-2;/h14-15,17-18,20-21,26-27,31H,4-13,16,19,22-25,36H2,1-3H3;1H. The molecular weight excluding hydrogens is 504 g/mol. The largest absolute Gasteiger partial charge is 1.00 e. The second-order valence-electron chi connectivity index (χ2n) is 11.0. The molecule has 5 heteroatoms. The summed E-state index contributed by atoms with van der Waals surface area (Å²) in [5.41, 5.74) is 6.37. The summed E-state index contributed by atoms with van der Waals surface area (Å²) in [6.45, 7) is 2.27. The van der Waals surface area contributed by atoms with Gasteiger partial charge in [0.1, 0.15) is 11.5 Å². The van der Waals surface area contributed by atoms with Gasteiger partial charge in [0, 0.05) is 6.42 Å². The number of rotatable bonds is 21. The summed E-state index contributed by atoms with van der Waals surface area (Å²) in [6, 6.07) is 19.6. The van der Waals surface area contributed by atoms with Gasteiger partial charge in [0.25, 0.3) is 0 Å². The van der Waals surface area contributed by atoms with Crippen molar-refractivity contribution in [1.82, 2.24) is 0 Å². The zero-order valence-electron chi connectivity index (χ0n) is 24.9. The molecule has 2 atom stereocenters. The Morgan fingerprint density at radius 3 is 1.95 bits per heavy atom. The number of halogens is 1. The van der Waals surface area contributed by atoms with Crippen LogP contribution < -0.4 is 27.6 Å². The summed E-state index contributed by atoms with van der Waals surface area (Å²) in [7, 11) is 3.41. The van der Waals surface area contributed by atoms with E-state index in [9.17, 15) is 5.26 Å². The van der Waals surface area contributed by atoms with Crippen LogP contribution in [-0.2, 0) is 11.8 Å². The van der Waals surface area contributed by atoms with Crippen molar-refractivity contribution in [3.05, 3.63) is 59.7 Å². The molecule has 0 aliphatic rings. The molecule has 218 valence electrons. The van der Waals surface area contributed by atoms with E-state index in [1.165, 1.54) is 63.4 Å². The Labute approximate surface area is 245 Å². The quantitative estimate of drug-likeness (QED) is 0.215. The maximum atomic E-state index is 10.5. The molecule has 0 aliphatic heterocycles. The van der Waals surface area contributed by atoms with Gasteiger partial charge < -0.3 is 27.6 Å². The Bertz CT molecular complexity index is 945. The van der Waals surface area contributed by atoms with Crippen molar-refractivity contribution >= 4 is 0 Å². The molecule has 0 aliphatic carbocycles. The van der Waals surface area contributed by atoms with Gasteiger partial charge in [-0.25, -0.2) is 0 Å². The van der Waals surface area contributed by atoms with E-state index in [2.05, 4.69) is 49.1 Å². The van der Waals surface area contributed by atoms with Gasteiger partial charge in [0.05, 0.1) is 31.7 Å². The van der Waals surface area contributed by atoms with E-state index in [4.69, 9.17) is 9.47 Å². The third-order valence-electron chi connectivity index (χ3n) is 7.98. The first-order valence-electron chi connectivity index (χ1n) is 15.1. The maximum absolute atomic E-state index is 10.5. The lowest BCUT2D eigenvalue weighted by atomic mass is 9.73. The monoisotopic (exact) mass is 556 g/mol. The van der Waals surface area contributed by atoms with Crippen LogP contribution in [0.15, 0.2) is 48.5 Å². The number of hydrogen-bond acceptors (Lipinski definition) is 3. The Morgan fingerprint density at radius 1 is 0.769 bits per heavy atom. The lowest BCUT2D eigenvalue weighted by molar-refractivity contribution is -0.422. The van der Waals surface area contributed by atoms with Crippen LogP contribution in [0, 0.1) is 11.3 Å². The molecule has 0 spiro atoms. The molecule has 0 fully saturated rings. The molecule has 39 heavy (non-hydrogen) atoms. The number of quaternary nitrogens is 1. The minimum Gasteiger partial charge on any atom is -1.00 e. The fourth-order valence-electron chi connectivity index (χ4n) is 5.46. The second kappa shape index (κ2) is 20.7. The molecule has 2 aromatic rings. The van der Waals surface area contributed by atoms with Gasteiger partial charge in [-0.15, -0.1) is 0 Å². The van der Waals surface area contributed by atoms with Crippen LogP contribution in [0.1, 0.15) is 114 Å². The Balaban J connectivity index is 0.00000760. The van der Waals surface area contributed by atoms with Crippen LogP contribution in [0.4, 0.5) is 0 Å². The minimum absolute atomic E-state index is 0. The highest BCUT2D eigenvalue weighted by atomic mass is 35.5. The Hall–Kier alpha value is -2.22. The molecule has 0 radical (unpaired) electrons. The van der Waals surface area contributed by atoms with Crippen molar-refractivity contribution < 1.29 is 27.6 Å².